The number of thiazole rings is 1. The molecule has 3 rings (SSSR count). The lowest BCUT2D eigenvalue weighted by atomic mass is 9.89. The van der Waals surface area contributed by atoms with Gasteiger partial charge in [-0.05, 0) is 50.1 Å². The second-order valence-electron chi connectivity index (χ2n) is 7.73. The summed E-state index contributed by atoms with van der Waals surface area (Å²) in [7, 11) is 0. The fraction of sp³-hybridized carbons (Fsp3) is 0.304. The molecule has 0 aliphatic heterocycles. The van der Waals surface area contributed by atoms with E-state index in [1.807, 2.05) is 73.8 Å². The quantitative estimate of drug-likeness (QED) is 0.362. The number of nitrogens with zero attached hydrogens (tertiary/aromatic N) is 1. The summed E-state index contributed by atoms with van der Waals surface area (Å²) in [5.74, 6) is -0.128. The van der Waals surface area contributed by atoms with Crippen LogP contribution in [0.2, 0.25) is 0 Å². The Kier molecular flexibility index (Phi) is 9.00. The molecular formula is C23H29ClN4O2S. The highest BCUT2D eigenvalue weighted by Crippen LogP contribution is 2.27. The van der Waals surface area contributed by atoms with Crippen LogP contribution in [0.25, 0.3) is 0 Å². The van der Waals surface area contributed by atoms with Crippen LogP contribution in [-0.2, 0) is 16.6 Å². The van der Waals surface area contributed by atoms with Gasteiger partial charge >= 0.3 is 0 Å². The first kappa shape index (κ1) is 24.8. The van der Waals surface area contributed by atoms with Gasteiger partial charge in [-0.3, -0.25) is 4.79 Å². The molecule has 0 fully saturated rings. The Labute approximate surface area is 193 Å². The molecule has 5 N–H and O–H groups in total. The summed E-state index contributed by atoms with van der Waals surface area (Å²) in [4.78, 5) is 16.9. The van der Waals surface area contributed by atoms with Crippen molar-refractivity contribution in [2.75, 3.05) is 24.1 Å². The number of aliphatic hydroxyl groups excluding tert-OH is 1. The van der Waals surface area contributed by atoms with Gasteiger partial charge in [0.05, 0.1) is 17.2 Å². The minimum Gasteiger partial charge on any atom is -0.387 e. The number of halogens is 1. The standard InChI is InChI=1S/C23H28N4O2S.ClH/c1-23(2,20-15-30-22(24)27-20)21(29)26-18-10-8-16(9-11-18)12-13-25-14-19(28)17-6-4-3-5-7-17;/h3-11,15,19,25,28H,12-14H2,1-2H3,(H2,24,27)(H,26,29);1H/t19-;/m0./s1. The summed E-state index contributed by atoms with van der Waals surface area (Å²) in [5.41, 5.74) is 8.41. The van der Waals surface area contributed by atoms with E-state index in [9.17, 15) is 9.90 Å². The summed E-state index contributed by atoms with van der Waals surface area (Å²) in [5, 5.41) is 18.7. The third-order valence-electron chi connectivity index (χ3n) is 5.05. The maximum Gasteiger partial charge on any atom is 0.236 e. The zero-order valence-electron chi connectivity index (χ0n) is 17.7. The van der Waals surface area contributed by atoms with E-state index in [0.29, 0.717) is 17.4 Å². The van der Waals surface area contributed by atoms with E-state index in [4.69, 9.17) is 5.73 Å². The molecule has 1 amide bonds. The fourth-order valence-electron chi connectivity index (χ4n) is 3.00. The van der Waals surface area contributed by atoms with Crippen LogP contribution in [0.3, 0.4) is 0 Å². The van der Waals surface area contributed by atoms with Gasteiger partial charge in [0, 0.05) is 17.6 Å². The summed E-state index contributed by atoms with van der Waals surface area (Å²) in [6, 6.07) is 17.4. The number of carbonyl (C=O) groups is 1. The number of nitrogen functional groups attached to an aromatic ring is 1. The van der Waals surface area contributed by atoms with E-state index in [0.717, 1.165) is 29.8 Å². The largest absolute Gasteiger partial charge is 0.387 e. The van der Waals surface area contributed by atoms with Gasteiger partial charge in [0.15, 0.2) is 5.13 Å². The normalized spacial score (nSPS) is 12.1. The molecule has 0 saturated heterocycles. The van der Waals surface area contributed by atoms with Crippen LogP contribution in [0.4, 0.5) is 10.8 Å². The predicted octanol–water partition coefficient (Wildman–Crippen LogP) is 3.93. The number of carbonyl (C=O) groups excluding carboxylic acids is 1. The molecule has 0 saturated carbocycles. The van der Waals surface area contributed by atoms with Crippen molar-refractivity contribution in [2.24, 2.45) is 0 Å². The van der Waals surface area contributed by atoms with Crippen LogP contribution in [0.5, 0.6) is 0 Å². The number of benzene rings is 2. The zero-order chi connectivity index (χ0) is 21.6. The number of aromatic nitrogens is 1. The van der Waals surface area contributed by atoms with Gasteiger partial charge < -0.3 is 21.5 Å². The fourth-order valence-corrected chi connectivity index (χ4v) is 3.73. The molecule has 8 heteroatoms. The van der Waals surface area contributed by atoms with Crippen molar-refractivity contribution < 1.29 is 9.90 Å². The van der Waals surface area contributed by atoms with E-state index in [1.165, 1.54) is 11.3 Å². The lowest BCUT2D eigenvalue weighted by Crippen LogP contribution is -2.35. The molecule has 3 aromatic rings. The number of hydrogen-bond acceptors (Lipinski definition) is 6. The average molecular weight is 461 g/mol. The summed E-state index contributed by atoms with van der Waals surface area (Å²) in [6.07, 6.45) is 0.319. The SMILES string of the molecule is CC(C)(C(=O)Nc1ccc(CCNC[C@H](O)c2ccccc2)cc1)c1csc(N)n1.Cl. The van der Waals surface area contributed by atoms with E-state index in [1.54, 1.807) is 0 Å². The number of nitrogens with one attached hydrogen (secondary N) is 2. The van der Waals surface area contributed by atoms with Gasteiger partial charge in [-0.2, -0.15) is 0 Å². The number of aliphatic hydroxyl groups is 1. The van der Waals surface area contributed by atoms with Gasteiger partial charge in [-0.1, -0.05) is 42.5 Å². The molecule has 1 aromatic heterocycles. The van der Waals surface area contributed by atoms with Crippen molar-refractivity contribution in [1.29, 1.82) is 0 Å². The van der Waals surface area contributed by atoms with Crippen LogP contribution in [0.1, 0.15) is 36.8 Å². The minimum atomic E-state index is -0.768. The van der Waals surface area contributed by atoms with Crippen molar-refractivity contribution in [1.82, 2.24) is 10.3 Å². The van der Waals surface area contributed by atoms with Gasteiger partial charge in [-0.15, -0.1) is 23.7 Å². The van der Waals surface area contributed by atoms with Crippen molar-refractivity contribution in [3.8, 4) is 0 Å². The maximum absolute atomic E-state index is 12.7. The topological polar surface area (TPSA) is 100 Å². The Balaban J connectivity index is 0.00000341. The molecule has 6 nitrogen and oxygen atoms in total. The molecule has 0 aliphatic carbocycles. The predicted molar refractivity (Wildman–Crippen MR) is 130 cm³/mol. The van der Waals surface area contributed by atoms with Crippen molar-refractivity contribution in [3.63, 3.8) is 0 Å². The molecular weight excluding hydrogens is 432 g/mol. The smallest absolute Gasteiger partial charge is 0.236 e. The summed E-state index contributed by atoms with van der Waals surface area (Å²) in [6.45, 7) is 4.93. The van der Waals surface area contributed by atoms with Gasteiger partial charge in [0.25, 0.3) is 0 Å². The van der Waals surface area contributed by atoms with Crippen LogP contribution in [0.15, 0.2) is 60.0 Å². The number of hydrogen-bond donors (Lipinski definition) is 4. The van der Waals surface area contributed by atoms with Crippen LogP contribution >= 0.6 is 23.7 Å². The van der Waals surface area contributed by atoms with E-state index in [2.05, 4.69) is 15.6 Å². The third kappa shape index (κ3) is 6.77. The highest BCUT2D eigenvalue weighted by Gasteiger charge is 2.32. The number of nitrogens with two attached hydrogens (primary N) is 1. The first-order chi connectivity index (χ1) is 14.4. The van der Waals surface area contributed by atoms with E-state index < -0.39 is 11.5 Å². The Morgan fingerprint density at radius 1 is 1.16 bits per heavy atom. The van der Waals surface area contributed by atoms with E-state index in [-0.39, 0.29) is 18.3 Å². The second kappa shape index (κ2) is 11.2. The lowest BCUT2D eigenvalue weighted by molar-refractivity contribution is -0.120. The number of amides is 1. The van der Waals surface area contributed by atoms with Crippen LogP contribution < -0.4 is 16.4 Å². The average Bonchev–Trinajstić information content (AvgIpc) is 3.20. The molecule has 166 valence electrons. The highest BCUT2D eigenvalue weighted by atomic mass is 35.5. The first-order valence-corrected chi connectivity index (χ1v) is 10.8. The monoisotopic (exact) mass is 460 g/mol. The Morgan fingerprint density at radius 2 is 1.84 bits per heavy atom. The molecule has 2 aromatic carbocycles. The highest BCUT2D eigenvalue weighted by molar-refractivity contribution is 7.13. The van der Waals surface area contributed by atoms with Gasteiger partial charge in [0.1, 0.15) is 0 Å². The van der Waals surface area contributed by atoms with Gasteiger partial charge in [-0.25, -0.2) is 4.98 Å². The summed E-state index contributed by atoms with van der Waals surface area (Å²) >= 11 is 1.33. The van der Waals surface area contributed by atoms with Gasteiger partial charge in [0.2, 0.25) is 5.91 Å². The van der Waals surface area contributed by atoms with Crippen LogP contribution in [0, 0.1) is 0 Å². The lowest BCUT2D eigenvalue weighted by Gasteiger charge is -2.21. The number of rotatable bonds is 9. The van der Waals surface area contributed by atoms with Crippen molar-refractivity contribution >= 4 is 40.5 Å². The Bertz CT molecular complexity index is 961. The summed E-state index contributed by atoms with van der Waals surface area (Å²) < 4.78 is 0. The first-order valence-electron chi connectivity index (χ1n) is 9.92. The van der Waals surface area contributed by atoms with Crippen molar-refractivity contribution in [3.05, 3.63) is 76.8 Å². The molecule has 1 atom stereocenters. The van der Waals surface area contributed by atoms with E-state index >= 15 is 0 Å². The molecule has 31 heavy (non-hydrogen) atoms. The third-order valence-corrected chi connectivity index (χ3v) is 5.73. The Morgan fingerprint density at radius 3 is 2.45 bits per heavy atom. The maximum atomic E-state index is 12.7. The molecule has 0 spiro atoms. The Hall–Kier alpha value is -2.45. The minimum absolute atomic E-state index is 0. The number of anilines is 2. The van der Waals surface area contributed by atoms with Crippen LogP contribution in [-0.4, -0.2) is 29.1 Å². The molecule has 0 radical (unpaired) electrons. The van der Waals surface area contributed by atoms with Crippen molar-refractivity contribution in [2.45, 2.75) is 31.8 Å². The molecule has 0 aliphatic rings. The molecule has 1 heterocycles. The zero-order valence-corrected chi connectivity index (χ0v) is 19.3. The second-order valence-corrected chi connectivity index (χ2v) is 8.62. The molecule has 0 bridgehead atoms. The molecule has 0 unspecified atom stereocenters.